The summed E-state index contributed by atoms with van der Waals surface area (Å²) in [6, 6.07) is 2.57. The molecule has 0 saturated carbocycles. The molecular formula is C6H6ClN3O2. The normalized spacial score (nSPS) is 9.75. The van der Waals surface area contributed by atoms with Crippen LogP contribution in [-0.2, 0) is 11.3 Å². The summed E-state index contributed by atoms with van der Waals surface area (Å²) < 4.78 is 0.907. The van der Waals surface area contributed by atoms with Crippen molar-refractivity contribution in [3.63, 3.8) is 0 Å². The Bertz CT molecular complexity index is 360. The Balaban J connectivity index is 3.06. The Hall–Kier alpha value is -1.36. The highest BCUT2D eigenvalue weighted by Gasteiger charge is 2.01. The predicted molar refractivity (Wildman–Crippen MR) is 42.7 cm³/mol. The molecule has 6 heteroatoms. The van der Waals surface area contributed by atoms with Crippen LogP contribution >= 0.6 is 11.6 Å². The van der Waals surface area contributed by atoms with Crippen LogP contribution in [0.15, 0.2) is 16.9 Å². The lowest BCUT2D eigenvalue weighted by atomic mass is 10.5. The minimum absolute atomic E-state index is 0.149. The highest BCUT2D eigenvalue weighted by atomic mass is 35.5. The van der Waals surface area contributed by atoms with E-state index in [4.69, 9.17) is 17.3 Å². The third-order valence-electron chi connectivity index (χ3n) is 1.14. The molecule has 0 unspecified atom stereocenters. The Morgan fingerprint density at radius 2 is 2.33 bits per heavy atom. The molecule has 0 aromatic carbocycles. The first kappa shape index (κ1) is 8.73. The van der Waals surface area contributed by atoms with Gasteiger partial charge in [0.25, 0.3) is 5.56 Å². The summed E-state index contributed by atoms with van der Waals surface area (Å²) in [5, 5.41) is 3.73. The van der Waals surface area contributed by atoms with E-state index in [2.05, 4.69) is 5.10 Å². The number of nitrogens with two attached hydrogens (primary N) is 1. The van der Waals surface area contributed by atoms with E-state index in [0.717, 1.165) is 4.68 Å². The highest BCUT2D eigenvalue weighted by molar-refractivity contribution is 6.29. The van der Waals surface area contributed by atoms with Crippen LogP contribution in [0.5, 0.6) is 0 Å². The van der Waals surface area contributed by atoms with Gasteiger partial charge < -0.3 is 5.73 Å². The van der Waals surface area contributed by atoms with Crippen LogP contribution in [0.25, 0.3) is 0 Å². The van der Waals surface area contributed by atoms with Gasteiger partial charge in [-0.05, 0) is 6.07 Å². The number of aromatic nitrogens is 2. The zero-order chi connectivity index (χ0) is 9.14. The number of primary amides is 1. The van der Waals surface area contributed by atoms with E-state index in [9.17, 15) is 9.59 Å². The van der Waals surface area contributed by atoms with E-state index in [1.165, 1.54) is 12.1 Å². The topological polar surface area (TPSA) is 78.0 Å². The maximum Gasteiger partial charge on any atom is 0.267 e. The maximum atomic E-state index is 10.9. The van der Waals surface area contributed by atoms with Gasteiger partial charge in [0.1, 0.15) is 11.7 Å². The lowest BCUT2D eigenvalue weighted by Crippen LogP contribution is -2.29. The molecule has 12 heavy (non-hydrogen) atoms. The molecule has 1 aromatic rings. The third kappa shape index (κ3) is 2.06. The van der Waals surface area contributed by atoms with Crippen LogP contribution in [0.2, 0.25) is 5.15 Å². The van der Waals surface area contributed by atoms with Crippen molar-refractivity contribution in [1.29, 1.82) is 0 Å². The average Bonchev–Trinajstić information content (AvgIpc) is 1.96. The van der Waals surface area contributed by atoms with Gasteiger partial charge in [-0.3, -0.25) is 9.59 Å². The molecule has 0 spiro atoms. The number of carbonyl (C=O) groups excluding carboxylic acids is 1. The molecule has 2 N–H and O–H groups in total. The summed E-state index contributed by atoms with van der Waals surface area (Å²) >= 11 is 5.48. The number of hydrogen-bond acceptors (Lipinski definition) is 3. The van der Waals surface area contributed by atoms with Crippen LogP contribution < -0.4 is 11.3 Å². The molecule has 0 fully saturated rings. The van der Waals surface area contributed by atoms with Gasteiger partial charge in [0, 0.05) is 6.07 Å². The number of carbonyl (C=O) groups is 1. The van der Waals surface area contributed by atoms with Crippen molar-refractivity contribution in [2.45, 2.75) is 6.54 Å². The molecule has 0 bridgehead atoms. The van der Waals surface area contributed by atoms with Gasteiger partial charge in [0.2, 0.25) is 5.91 Å². The zero-order valence-corrected chi connectivity index (χ0v) is 6.78. The summed E-state index contributed by atoms with van der Waals surface area (Å²) in [4.78, 5) is 21.4. The van der Waals surface area contributed by atoms with Crippen LogP contribution in [0.4, 0.5) is 0 Å². The molecule has 0 saturated heterocycles. The van der Waals surface area contributed by atoms with Gasteiger partial charge in [-0.1, -0.05) is 11.6 Å². The van der Waals surface area contributed by atoms with Crippen molar-refractivity contribution < 1.29 is 4.79 Å². The van der Waals surface area contributed by atoms with Gasteiger partial charge in [-0.2, -0.15) is 5.10 Å². The van der Waals surface area contributed by atoms with Crippen LogP contribution in [0.1, 0.15) is 0 Å². The molecule has 64 valence electrons. The van der Waals surface area contributed by atoms with Crippen molar-refractivity contribution >= 4 is 17.5 Å². The van der Waals surface area contributed by atoms with E-state index in [1.54, 1.807) is 0 Å². The fourth-order valence-corrected chi connectivity index (χ4v) is 0.839. The molecule has 1 amide bonds. The van der Waals surface area contributed by atoms with Crippen molar-refractivity contribution in [3.8, 4) is 0 Å². The van der Waals surface area contributed by atoms with E-state index in [0.29, 0.717) is 0 Å². The minimum atomic E-state index is -0.633. The number of rotatable bonds is 2. The Morgan fingerprint density at radius 1 is 1.67 bits per heavy atom. The second-order valence-electron chi connectivity index (χ2n) is 2.12. The summed E-state index contributed by atoms with van der Waals surface area (Å²) in [5.74, 6) is -0.633. The first-order valence-corrected chi connectivity index (χ1v) is 3.49. The minimum Gasteiger partial charge on any atom is -0.368 e. The Morgan fingerprint density at radius 3 is 2.92 bits per heavy atom. The monoisotopic (exact) mass is 187 g/mol. The van der Waals surface area contributed by atoms with E-state index in [1.807, 2.05) is 0 Å². The summed E-state index contributed by atoms with van der Waals surface area (Å²) in [7, 11) is 0. The lowest BCUT2D eigenvalue weighted by Gasteiger charge is -1.99. The molecule has 1 heterocycles. The van der Waals surface area contributed by atoms with Crippen molar-refractivity contribution in [3.05, 3.63) is 27.6 Å². The number of hydrogen-bond donors (Lipinski definition) is 1. The first-order chi connectivity index (χ1) is 5.59. The second kappa shape index (κ2) is 3.36. The van der Waals surface area contributed by atoms with E-state index < -0.39 is 11.5 Å². The van der Waals surface area contributed by atoms with Crippen LogP contribution in [-0.4, -0.2) is 15.7 Å². The van der Waals surface area contributed by atoms with Crippen LogP contribution in [0, 0.1) is 0 Å². The molecule has 1 aromatic heterocycles. The van der Waals surface area contributed by atoms with Gasteiger partial charge >= 0.3 is 0 Å². The standard InChI is InChI=1S/C6H6ClN3O2/c7-4-1-2-6(12)10(9-4)3-5(8)11/h1-2H,3H2,(H2,8,11). The molecular weight excluding hydrogens is 182 g/mol. The van der Waals surface area contributed by atoms with Gasteiger partial charge in [-0.25, -0.2) is 4.68 Å². The van der Waals surface area contributed by atoms with E-state index in [-0.39, 0.29) is 11.7 Å². The molecule has 1 rings (SSSR count). The Kier molecular flexibility index (Phi) is 2.44. The van der Waals surface area contributed by atoms with Crippen LogP contribution in [0.3, 0.4) is 0 Å². The SMILES string of the molecule is NC(=O)Cn1nc(Cl)ccc1=O. The maximum absolute atomic E-state index is 10.9. The summed E-state index contributed by atoms with van der Waals surface area (Å²) in [6.45, 7) is -0.251. The molecule has 5 nitrogen and oxygen atoms in total. The number of halogens is 1. The second-order valence-corrected chi connectivity index (χ2v) is 2.51. The van der Waals surface area contributed by atoms with E-state index >= 15 is 0 Å². The molecule has 0 radical (unpaired) electrons. The van der Waals surface area contributed by atoms with Crippen molar-refractivity contribution in [2.75, 3.05) is 0 Å². The molecule has 0 atom stereocenters. The number of amides is 1. The third-order valence-corrected chi connectivity index (χ3v) is 1.34. The molecule has 0 aliphatic heterocycles. The smallest absolute Gasteiger partial charge is 0.267 e. The highest BCUT2D eigenvalue weighted by Crippen LogP contribution is 1.96. The van der Waals surface area contributed by atoms with Crippen molar-refractivity contribution in [1.82, 2.24) is 9.78 Å². The fraction of sp³-hybridized carbons (Fsp3) is 0.167. The Labute approximate surface area is 72.7 Å². The summed E-state index contributed by atoms with van der Waals surface area (Å²) in [6.07, 6.45) is 0. The largest absolute Gasteiger partial charge is 0.368 e. The fourth-order valence-electron chi connectivity index (χ4n) is 0.685. The molecule has 0 aliphatic rings. The summed E-state index contributed by atoms with van der Waals surface area (Å²) in [5.41, 5.74) is 4.46. The quantitative estimate of drug-likeness (QED) is 0.671. The molecule has 0 aliphatic carbocycles. The van der Waals surface area contributed by atoms with Gasteiger partial charge in [0.15, 0.2) is 0 Å². The van der Waals surface area contributed by atoms with Crippen molar-refractivity contribution in [2.24, 2.45) is 5.73 Å². The van der Waals surface area contributed by atoms with Gasteiger partial charge in [-0.15, -0.1) is 0 Å². The lowest BCUT2D eigenvalue weighted by molar-refractivity contribution is -0.118. The predicted octanol–water partition coefficient (Wildman–Crippen LogP) is -0.618. The van der Waals surface area contributed by atoms with Gasteiger partial charge in [0.05, 0.1) is 0 Å². The zero-order valence-electron chi connectivity index (χ0n) is 6.03. The average molecular weight is 188 g/mol. The first-order valence-electron chi connectivity index (χ1n) is 3.11. The number of nitrogens with zero attached hydrogens (tertiary/aromatic N) is 2.